The molecule has 188 valence electrons. The van der Waals surface area contributed by atoms with E-state index in [0.717, 1.165) is 52.4 Å². The molecule has 1 aliphatic heterocycles. The lowest BCUT2D eigenvalue weighted by Crippen LogP contribution is -2.37. The van der Waals surface area contributed by atoms with E-state index in [9.17, 15) is 0 Å². The molecule has 1 N–H and O–H groups in total. The van der Waals surface area contributed by atoms with E-state index in [4.69, 9.17) is 19.4 Å². The minimum Gasteiger partial charge on any atom is -0.471 e. The number of ether oxygens (including phenoxy) is 2. The summed E-state index contributed by atoms with van der Waals surface area (Å²) in [6.45, 7) is 3.08. The Labute approximate surface area is 216 Å². The molecule has 0 aliphatic carbocycles. The number of anilines is 1. The van der Waals surface area contributed by atoms with Crippen molar-refractivity contribution in [1.29, 1.82) is 0 Å². The molecule has 5 aromatic heterocycles. The summed E-state index contributed by atoms with van der Waals surface area (Å²) in [5.74, 6) is 1.87. The van der Waals surface area contributed by atoms with Gasteiger partial charge in [0.15, 0.2) is 17.3 Å². The Balaban J connectivity index is 1.24. The number of benzene rings is 1. The van der Waals surface area contributed by atoms with Gasteiger partial charge in [-0.25, -0.2) is 20.1 Å². The molecule has 7 rings (SSSR count). The molecule has 1 fully saturated rings. The van der Waals surface area contributed by atoms with Gasteiger partial charge in [-0.1, -0.05) is 18.2 Å². The first-order valence-corrected chi connectivity index (χ1v) is 12.2. The van der Waals surface area contributed by atoms with Gasteiger partial charge in [-0.15, -0.1) is 5.10 Å². The molecule has 12 heteroatoms. The van der Waals surface area contributed by atoms with Gasteiger partial charge in [-0.05, 0) is 34.7 Å². The molecule has 6 heterocycles. The summed E-state index contributed by atoms with van der Waals surface area (Å²) in [5, 5.41) is 15.0. The van der Waals surface area contributed by atoms with E-state index in [1.165, 1.54) is 0 Å². The van der Waals surface area contributed by atoms with Gasteiger partial charge in [-0.3, -0.25) is 9.38 Å². The van der Waals surface area contributed by atoms with Crippen LogP contribution in [-0.2, 0) is 11.3 Å². The Morgan fingerprint density at radius 2 is 1.87 bits per heavy atom. The molecular formula is C26H22N10O2. The van der Waals surface area contributed by atoms with Crippen molar-refractivity contribution in [2.24, 2.45) is 0 Å². The number of morpholine rings is 1. The van der Waals surface area contributed by atoms with E-state index in [1.807, 2.05) is 65.3 Å². The summed E-state index contributed by atoms with van der Waals surface area (Å²) < 4.78 is 13.6. The summed E-state index contributed by atoms with van der Waals surface area (Å²) in [4.78, 5) is 21.1. The smallest absolute Gasteiger partial charge is 0.214 e. The third kappa shape index (κ3) is 4.16. The Kier molecular flexibility index (Phi) is 5.55. The van der Waals surface area contributed by atoms with Gasteiger partial charge in [0.1, 0.15) is 12.3 Å². The maximum Gasteiger partial charge on any atom is 0.214 e. The monoisotopic (exact) mass is 506 g/mol. The van der Waals surface area contributed by atoms with Crippen molar-refractivity contribution in [3.8, 4) is 28.7 Å². The van der Waals surface area contributed by atoms with Gasteiger partial charge in [0.2, 0.25) is 5.88 Å². The van der Waals surface area contributed by atoms with Crippen LogP contribution in [0, 0.1) is 0 Å². The fourth-order valence-corrected chi connectivity index (χ4v) is 4.52. The minimum absolute atomic E-state index is 0.269. The molecule has 38 heavy (non-hydrogen) atoms. The molecule has 0 radical (unpaired) electrons. The molecule has 1 aliphatic rings. The number of tetrazole rings is 1. The number of nitrogens with zero attached hydrogens (tertiary/aromatic N) is 9. The summed E-state index contributed by atoms with van der Waals surface area (Å²) >= 11 is 0. The first-order chi connectivity index (χ1) is 18.8. The molecule has 1 aromatic carbocycles. The predicted octanol–water partition coefficient (Wildman–Crippen LogP) is 2.94. The number of rotatable bonds is 6. The maximum absolute atomic E-state index is 6.04. The zero-order valence-corrected chi connectivity index (χ0v) is 20.2. The Hall–Kier alpha value is -4.97. The maximum atomic E-state index is 6.04. The number of aromatic amines is 1. The molecule has 0 saturated carbocycles. The normalized spacial score (nSPS) is 13.8. The van der Waals surface area contributed by atoms with E-state index < -0.39 is 0 Å². The van der Waals surface area contributed by atoms with Crippen molar-refractivity contribution in [2.75, 3.05) is 31.2 Å². The summed E-state index contributed by atoms with van der Waals surface area (Å²) in [6, 6.07) is 15.7. The summed E-state index contributed by atoms with van der Waals surface area (Å²) in [7, 11) is 0. The van der Waals surface area contributed by atoms with Crippen molar-refractivity contribution in [3.63, 3.8) is 0 Å². The number of nitrogens with one attached hydrogen (secondary N) is 1. The second kappa shape index (κ2) is 9.48. The number of hydrogen-bond acceptors (Lipinski definition) is 10. The van der Waals surface area contributed by atoms with Crippen molar-refractivity contribution >= 4 is 22.4 Å². The van der Waals surface area contributed by atoms with Gasteiger partial charge < -0.3 is 14.4 Å². The summed E-state index contributed by atoms with van der Waals surface area (Å²) in [5.41, 5.74) is 4.79. The zero-order chi connectivity index (χ0) is 25.3. The number of pyridine rings is 2. The Morgan fingerprint density at radius 1 is 0.947 bits per heavy atom. The predicted molar refractivity (Wildman–Crippen MR) is 138 cm³/mol. The van der Waals surface area contributed by atoms with Gasteiger partial charge in [-0.2, -0.15) is 0 Å². The molecule has 6 aromatic rings. The molecule has 12 nitrogen and oxygen atoms in total. The van der Waals surface area contributed by atoms with Crippen LogP contribution in [0.2, 0.25) is 0 Å². The molecule has 0 atom stereocenters. The lowest BCUT2D eigenvalue weighted by molar-refractivity contribution is 0.122. The van der Waals surface area contributed by atoms with E-state index in [-0.39, 0.29) is 6.61 Å². The van der Waals surface area contributed by atoms with Crippen LogP contribution < -0.4 is 9.64 Å². The van der Waals surface area contributed by atoms with Crippen LogP contribution in [-0.4, -0.2) is 71.3 Å². The first kappa shape index (κ1) is 22.2. The molecule has 0 amide bonds. The average molecular weight is 507 g/mol. The number of para-hydroxylation sites is 1. The molecule has 0 spiro atoms. The molecule has 1 saturated heterocycles. The number of aromatic nitrogens is 9. The standard InChI is InChI=1S/C26H22N10O2/c1-2-4-20-17(3-1)6-8-23(30-20)38-16-19-15-36-22(18-5-7-21(27-13-18)24-31-33-34-32-24)14-28-25(26(36)29-19)35-9-11-37-12-10-35/h1-8,13-15H,9-12,16H2,(H,31,32,33,34). The SMILES string of the molecule is c1ccc2nc(OCc3cn4c(-c5ccc(-c6nnn[nH]6)nc5)cnc(N5CCOCC5)c4n3)ccc2c1. The van der Waals surface area contributed by atoms with Crippen molar-refractivity contribution in [1.82, 2.24) is 45.0 Å². The number of hydrogen-bond donors (Lipinski definition) is 1. The zero-order valence-electron chi connectivity index (χ0n) is 20.2. The quantitative estimate of drug-likeness (QED) is 0.359. The van der Waals surface area contributed by atoms with Crippen molar-refractivity contribution < 1.29 is 9.47 Å². The Bertz CT molecular complexity index is 1710. The van der Waals surface area contributed by atoms with E-state index in [2.05, 4.69) is 35.5 Å². The lowest BCUT2D eigenvalue weighted by atomic mass is 10.2. The van der Waals surface area contributed by atoms with Crippen LogP contribution >= 0.6 is 0 Å². The van der Waals surface area contributed by atoms with Crippen LogP contribution in [0.3, 0.4) is 0 Å². The van der Waals surface area contributed by atoms with Crippen molar-refractivity contribution in [3.05, 3.63) is 72.8 Å². The van der Waals surface area contributed by atoms with Crippen LogP contribution in [0.4, 0.5) is 5.82 Å². The third-order valence-electron chi connectivity index (χ3n) is 6.42. The topological polar surface area (TPSA) is 132 Å². The molecule has 0 unspecified atom stereocenters. The highest BCUT2D eigenvalue weighted by molar-refractivity contribution is 5.78. The number of imidazole rings is 1. The minimum atomic E-state index is 0.269. The largest absolute Gasteiger partial charge is 0.471 e. The van der Waals surface area contributed by atoms with Crippen LogP contribution in [0.25, 0.3) is 39.3 Å². The van der Waals surface area contributed by atoms with Crippen LogP contribution in [0.1, 0.15) is 5.69 Å². The number of H-pyrrole nitrogens is 1. The highest BCUT2D eigenvalue weighted by atomic mass is 16.5. The molecule has 0 bridgehead atoms. The second-order valence-electron chi connectivity index (χ2n) is 8.81. The second-order valence-corrected chi connectivity index (χ2v) is 8.81. The molecular weight excluding hydrogens is 484 g/mol. The average Bonchev–Trinajstić information content (AvgIpc) is 3.67. The summed E-state index contributed by atoms with van der Waals surface area (Å²) in [6.07, 6.45) is 5.60. The van der Waals surface area contributed by atoms with Crippen LogP contribution in [0.5, 0.6) is 5.88 Å². The first-order valence-electron chi connectivity index (χ1n) is 12.2. The Morgan fingerprint density at radius 3 is 2.71 bits per heavy atom. The fourth-order valence-electron chi connectivity index (χ4n) is 4.52. The highest BCUT2D eigenvalue weighted by Crippen LogP contribution is 2.28. The fraction of sp³-hybridized carbons (Fsp3) is 0.192. The van der Waals surface area contributed by atoms with Crippen LogP contribution in [0.15, 0.2) is 67.1 Å². The van der Waals surface area contributed by atoms with Gasteiger partial charge in [0.05, 0.1) is 36.3 Å². The van der Waals surface area contributed by atoms with E-state index >= 15 is 0 Å². The van der Waals surface area contributed by atoms with Gasteiger partial charge in [0.25, 0.3) is 0 Å². The number of fused-ring (bicyclic) bond motifs is 2. The van der Waals surface area contributed by atoms with E-state index in [1.54, 1.807) is 6.20 Å². The van der Waals surface area contributed by atoms with E-state index in [0.29, 0.717) is 30.6 Å². The van der Waals surface area contributed by atoms with Gasteiger partial charge in [0, 0.05) is 42.5 Å². The van der Waals surface area contributed by atoms with Gasteiger partial charge >= 0.3 is 0 Å². The highest BCUT2D eigenvalue weighted by Gasteiger charge is 2.20. The lowest BCUT2D eigenvalue weighted by Gasteiger charge is -2.28. The third-order valence-corrected chi connectivity index (χ3v) is 6.42. The van der Waals surface area contributed by atoms with Crippen molar-refractivity contribution in [2.45, 2.75) is 6.61 Å².